The van der Waals surface area contributed by atoms with E-state index in [1.165, 1.54) is 6.08 Å². The molecule has 1 aromatic carbocycles. The van der Waals surface area contributed by atoms with Crippen molar-refractivity contribution in [3.63, 3.8) is 0 Å². The minimum absolute atomic E-state index is 0.0210. The lowest BCUT2D eigenvalue weighted by Gasteiger charge is -2.23. The molecule has 10 heteroatoms. The Morgan fingerprint density at radius 1 is 0.973 bits per heavy atom. The van der Waals surface area contributed by atoms with Crippen LogP contribution in [0.4, 0.5) is 9.59 Å². The van der Waals surface area contributed by atoms with Crippen molar-refractivity contribution in [1.29, 1.82) is 0 Å². The van der Waals surface area contributed by atoms with Gasteiger partial charge in [0.15, 0.2) is 0 Å². The minimum atomic E-state index is -1.01. The van der Waals surface area contributed by atoms with E-state index in [4.69, 9.17) is 14.2 Å². The summed E-state index contributed by atoms with van der Waals surface area (Å²) in [6, 6.07) is 7.22. The lowest BCUT2D eigenvalue weighted by molar-refractivity contribution is -0.147. The second-order valence-corrected chi connectivity index (χ2v) is 9.94. The molecule has 206 valence electrons. The number of carbonyl (C=O) groups is 4. The summed E-state index contributed by atoms with van der Waals surface area (Å²) >= 11 is 0. The van der Waals surface area contributed by atoms with Gasteiger partial charge in [0, 0.05) is 6.54 Å². The lowest BCUT2D eigenvalue weighted by Crippen LogP contribution is -2.52. The number of amides is 3. The maximum Gasteiger partial charge on any atom is 0.408 e. The first-order valence-electron chi connectivity index (χ1n) is 12.4. The maximum atomic E-state index is 13.1. The number of esters is 1. The molecule has 0 heterocycles. The van der Waals surface area contributed by atoms with E-state index in [9.17, 15) is 19.2 Å². The summed E-state index contributed by atoms with van der Waals surface area (Å²) in [4.78, 5) is 49.9. The minimum Gasteiger partial charge on any atom is -0.460 e. The Bertz CT molecular complexity index is 882. The summed E-state index contributed by atoms with van der Waals surface area (Å²) in [6.07, 6.45) is 0.971. The van der Waals surface area contributed by atoms with Gasteiger partial charge in [0.2, 0.25) is 5.91 Å². The van der Waals surface area contributed by atoms with Crippen LogP contribution in [0.1, 0.15) is 59.4 Å². The zero-order valence-electron chi connectivity index (χ0n) is 22.5. The predicted molar refractivity (Wildman–Crippen MR) is 140 cm³/mol. The number of hydrogen-bond donors (Lipinski definition) is 3. The van der Waals surface area contributed by atoms with Crippen LogP contribution in [0.15, 0.2) is 43.0 Å². The highest BCUT2D eigenvalue weighted by atomic mass is 16.6. The van der Waals surface area contributed by atoms with Gasteiger partial charge in [-0.05, 0) is 51.5 Å². The Balaban J connectivity index is 2.82. The van der Waals surface area contributed by atoms with Crippen LogP contribution in [0.25, 0.3) is 0 Å². The fraction of sp³-hybridized carbons (Fsp3) is 0.556. The van der Waals surface area contributed by atoms with Gasteiger partial charge in [-0.25, -0.2) is 14.4 Å². The van der Waals surface area contributed by atoms with Gasteiger partial charge in [0.05, 0.1) is 0 Å². The molecule has 1 rings (SSSR count). The number of nitrogens with one attached hydrogen (secondary N) is 3. The Labute approximate surface area is 219 Å². The summed E-state index contributed by atoms with van der Waals surface area (Å²) in [5, 5.41) is 7.88. The van der Waals surface area contributed by atoms with Gasteiger partial charge in [-0.15, -0.1) is 0 Å². The molecular weight excluding hydrogens is 478 g/mol. The fourth-order valence-electron chi connectivity index (χ4n) is 3.19. The van der Waals surface area contributed by atoms with Crippen molar-refractivity contribution in [2.24, 2.45) is 5.92 Å². The maximum absolute atomic E-state index is 13.1. The van der Waals surface area contributed by atoms with Gasteiger partial charge < -0.3 is 30.2 Å². The van der Waals surface area contributed by atoms with E-state index in [-0.39, 0.29) is 32.1 Å². The van der Waals surface area contributed by atoms with Gasteiger partial charge in [-0.2, -0.15) is 0 Å². The average Bonchev–Trinajstić information content (AvgIpc) is 2.81. The highest BCUT2D eigenvalue weighted by Gasteiger charge is 2.28. The van der Waals surface area contributed by atoms with E-state index in [2.05, 4.69) is 22.5 Å². The molecular formula is C27H41N3O7. The van der Waals surface area contributed by atoms with Gasteiger partial charge >= 0.3 is 18.2 Å². The van der Waals surface area contributed by atoms with Crippen LogP contribution in [0.3, 0.4) is 0 Å². The highest BCUT2D eigenvalue weighted by Crippen LogP contribution is 2.10. The lowest BCUT2D eigenvalue weighted by atomic mass is 10.0. The first-order valence-corrected chi connectivity index (χ1v) is 12.4. The van der Waals surface area contributed by atoms with Crippen LogP contribution < -0.4 is 16.0 Å². The van der Waals surface area contributed by atoms with E-state index in [1.807, 2.05) is 44.2 Å². The van der Waals surface area contributed by atoms with Gasteiger partial charge in [0.1, 0.15) is 30.9 Å². The largest absolute Gasteiger partial charge is 0.460 e. The molecule has 0 aliphatic heterocycles. The third kappa shape index (κ3) is 14.6. The average molecular weight is 520 g/mol. The Kier molecular flexibility index (Phi) is 13.8. The van der Waals surface area contributed by atoms with Crippen LogP contribution in [-0.2, 0) is 30.4 Å². The SMILES string of the molecule is C=CCOC(=O)C(CC(C)C)NC(=O)C(CCCNC(=O)OC(C)(C)C)NC(=O)OCc1ccccc1. The third-order valence-electron chi connectivity index (χ3n) is 4.81. The number of benzene rings is 1. The monoisotopic (exact) mass is 519 g/mol. The van der Waals surface area contributed by atoms with Gasteiger partial charge in [-0.3, -0.25) is 4.79 Å². The molecule has 10 nitrogen and oxygen atoms in total. The molecule has 3 amide bonds. The van der Waals surface area contributed by atoms with Crippen molar-refractivity contribution < 1.29 is 33.4 Å². The van der Waals surface area contributed by atoms with Gasteiger partial charge in [0.25, 0.3) is 0 Å². The molecule has 3 N–H and O–H groups in total. The van der Waals surface area contributed by atoms with Crippen molar-refractivity contribution in [3.05, 3.63) is 48.6 Å². The third-order valence-corrected chi connectivity index (χ3v) is 4.81. The molecule has 0 fully saturated rings. The summed E-state index contributed by atoms with van der Waals surface area (Å²) in [7, 11) is 0. The highest BCUT2D eigenvalue weighted by molar-refractivity contribution is 5.89. The predicted octanol–water partition coefficient (Wildman–Crippen LogP) is 3.85. The van der Waals surface area contributed by atoms with Crippen molar-refractivity contribution in [1.82, 2.24) is 16.0 Å². The molecule has 0 spiro atoms. The summed E-state index contributed by atoms with van der Waals surface area (Å²) in [6.45, 7) is 12.9. The van der Waals surface area contributed by atoms with E-state index in [1.54, 1.807) is 20.8 Å². The number of carbonyl (C=O) groups excluding carboxylic acids is 4. The molecule has 2 unspecified atom stereocenters. The van der Waals surface area contributed by atoms with Crippen molar-refractivity contribution in [2.45, 2.75) is 78.2 Å². The molecule has 0 bridgehead atoms. The molecule has 37 heavy (non-hydrogen) atoms. The second kappa shape index (κ2) is 16.2. The molecule has 0 radical (unpaired) electrons. The van der Waals surface area contributed by atoms with E-state index >= 15 is 0 Å². The Morgan fingerprint density at radius 3 is 2.24 bits per heavy atom. The first-order chi connectivity index (χ1) is 17.4. The smallest absolute Gasteiger partial charge is 0.408 e. The summed E-state index contributed by atoms with van der Waals surface area (Å²) < 4.78 is 15.6. The fourth-order valence-corrected chi connectivity index (χ4v) is 3.19. The normalized spacial score (nSPS) is 12.6. The molecule has 0 aliphatic carbocycles. The van der Waals surface area contributed by atoms with E-state index < -0.39 is 41.7 Å². The Morgan fingerprint density at radius 2 is 1.65 bits per heavy atom. The molecule has 0 saturated carbocycles. The van der Waals surface area contributed by atoms with Crippen LogP contribution in [0.2, 0.25) is 0 Å². The molecule has 0 aromatic heterocycles. The van der Waals surface area contributed by atoms with E-state index in [0.717, 1.165) is 5.56 Å². The first kappa shape index (κ1) is 31.5. The zero-order chi connectivity index (χ0) is 27.8. The standard InChI is InChI=1S/C27H41N3O7/c1-7-16-35-24(32)22(17-19(2)3)29-23(31)21(14-11-15-28-25(33)37-27(4,5)6)30-26(34)36-18-20-12-9-8-10-13-20/h7-10,12-13,19,21-22H,1,11,14-18H2,2-6H3,(H,28,33)(H,29,31)(H,30,34). The van der Waals surface area contributed by atoms with Crippen molar-refractivity contribution >= 4 is 24.1 Å². The molecule has 0 aliphatic rings. The number of alkyl carbamates (subject to hydrolysis) is 2. The summed E-state index contributed by atoms with van der Waals surface area (Å²) in [5.74, 6) is -1.05. The van der Waals surface area contributed by atoms with E-state index in [0.29, 0.717) is 12.8 Å². The molecule has 2 atom stereocenters. The second-order valence-electron chi connectivity index (χ2n) is 9.94. The number of ether oxygens (including phenoxy) is 3. The van der Waals surface area contributed by atoms with Crippen LogP contribution in [-0.4, -0.2) is 54.9 Å². The zero-order valence-corrected chi connectivity index (χ0v) is 22.5. The summed E-state index contributed by atoms with van der Waals surface area (Å²) in [5.41, 5.74) is 0.157. The van der Waals surface area contributed by atoms with Crippen LogP contribution in [0, 0.1) is 5.92 Å². The van der Waals surface area contributed by atoms with Crippen molar-refractivity contribution in [2.75, 3.05) is 13.2 Å². The molecule has 0 saturated heterocycles. The van der Waals surface area contributed by atoms with Crippen LogP contribution in [0.5, 0.6) is 0 Å². The van der Waals surface area contributed by atoms with Crippen LogP contribution >= 0.6 is 0 Å². The number of rotatable bonds is 14. The Hall–Kier alpha value is -3.56. The quantitative estimate of drug-likeness (QED) is 0.147. The number of hydrogen-bond acceptors (Lipinski definition) is 7. The topological polar surface area (TPSA) is 132 Å². The molecule has 1 aromatic rings. The van der Waals surface area contributed by atoms with Crippen molar-refractivity contribution in [3.8, 4) is 0 Å². The van der Waals surface area contributed by atoms with Gasteiger partial charge in [-0.1, -0.05) is 56.8 Å².